The van der Waals surface area contributed by atoms with Crippen LogP contribution < -0.4 is 10.1 Å². The molecule has 0 aliphatic rings. The Bertz CT molecular complexity index is 1260. The number of nitro groups is 1. The Labute approximate surface area is 203 Å². The highest BCUT2D eigenvalue weighted by atomic mass is 35.5. The molecule has 166 valence electrons. The van der Waals surface area contributed by atoms with Crippen molar-refractivity contribution >= 4 is 58.2 Å². The Morgan fingerprint density at radius 2 is 1.70 bits per heavy atom. The molecule has 0 heterocycles. The van der Waals surface area contributed by atoms with Gasteiger partial charge in [0.2, 0.25) is 0 Å². The molecular weight excluding hydrogens is 489 g/mol. The lowest BCUT2D eigenvalue weighted by Gasteiger charge is -2.11. The number of nitrogens with one attached hydrogen (secondary N) is 1. The van der Waals surface area contributed by atoms with Crippen LogP contribution in [-0.2, 0) is 11.4 Å². The van der Waals surface area contributed by atoms with Crippen LogP contribution >= 0.6 is 34.8 Å². The maximum Gasteiger partial charge on any atom is 0.269 e. The van der Waals surface area contributed by atoms with Crippen LogP contribution in [0.15, 0.2) is 66.2 Å². The van der Waals surface area contributed by atoms with E-state index in [0.717, 1.165) is 0 Å². The number of ether oxygens (including phenoxy) is 1. The van der Waals surface area contributed by atoms with Gasteiger partial charge >= 0.3 is 0 Å². The molecule has 3 aromatic rings. The summed E-state index contributed by atoms with van der Waals surface area (Å²) in [5.74, 6) is -0.441. The van der Waals surface area contributed by atoms with Gasteiger partial charge in [-0.2, -0.15) is 5.26 Å². The second kappa shape index (κ2) is 10.8. The minimum Gasteiger partial charge on any atom is -0.486 e. The summed E-state index contributed by atoms with van der Waals surface area (Å²) in [5.41, 5.74) is 1.26. The number of amides is 1. The predicted octanol–water partition coefficient (Wildman–Crippen LogP) is 6.68. The fourth-order valence-electron chi connectivity index (χ4n) is 2.74. The third-order valence-electron chi connectivity index (χ3n) is 4.35. The zero-order valence-corrected chi connectivity index (χ0v) is 19.0. The van der Waals surface area contributed by atoms with E-state index in [2.05, 4.69) is 5.32 Å². The normalized spacial score (nSPS) is 10.9. The minimum atomic E-state index is -0.642. The van der Waals surface area contributed by atoms with Crippen LogP contribution in [0.1, 0.15) is 11.1 Å². The van der Waals surface area contributed by atoms with Crippen LogP contribution in [-0.4, -0.2) is 10.8 Å². The number of carbonyl (C=O) groups is 1. The second-order valence-electron chi connectivity index (χ2n) is 6.63. The predicted molar refractivity (Wildman–Crippen MR) is 128 cm³/mol. The Morgan fingerprint density at radius 1 is 1.06 bits per heavy atom. The number of benzene rings is 3. The largest absolute Gasteiger partial charge is 0.486 e. The maximum absolute atomic E-state index is 12.5. The molecule has 0 aliphatic carbocycles. The van der Waals surface area contributed by atoms with Gasteiger partial charge in [-0.25, -0.2) is 0 Å². The lowest BCUT2D eigenvalue weighted by Crippen LogP contribution is -2.13. The number of anilines is 1. The van der Waals surface area contributed by atoms with Crippen LogP contribution in [0.4, 0.5) is 11.4 Å². The van der Waals surface area contributed by atoms with Gasteiger partial charge in [0, 0.05) is 12.1 Å². The van der Waals surface area contributed by atoms with E-state index >= 15 is 0 Å². The van der Waals surface area contributed by atoms with Gasteiger partial charge in [-0.05, 0) is 53.6 Å². The SMILES string of the molecule is N#C/C(=C\c1cc(Cl)c(OCc2ccc([N+](=O)[O-])cc2)c(Cl)c1)C(=O)Nc1ccccc1Cl. The fraction of sp³-hybridized carbons (Fsp3) is 0.0435. The molecule has 3 aromatic carbocycles. The highest BCUT2D eigenvalue weighted by Crippen LogP contribution is 2.35. The van der Waals surface area contributed by atoms with E-state index < -0.39 is 10.8 Å². The van der Waals surface area contributed by atoms with Crippen molar-refractivity contribution in [3.8, 4) is 11.8 Å². The molecule has 3 rings (SSSR count). The smallest absolute Gasteiger partial charge is 0.269 e. The third-order valence-corrected chi connectivity index (χ3v) is 5.24. The molecule has 0 saturated carbocycles. The first-order valence-corrected chi connectivity index (χ1v) is 10.4. The zero-order valence-electron chi connectivity index (χ0n) is 16.7. The van der Waals surface area contributed by atoms with E-state index in [1.165, 1.54) is 30.3 Å². The lowest BCUT2D eigenvalue weighted by atomic mass is 10.1. The first-order valence-electron chi connectivity index (χ1n) is 9.31. The van der Waals surface area contributed by atoms with Crippen LogP contribution in [0.2, 0.25) is 15.1 Å². The molecule has 0 saturated heterocycles. The molecule has 0 bridgehead atoms. The Hall–Kier alpha value is -3.57. The van der Waals surface area contributed by atoms with Gasteiger partial charge in [0.15, 0.2) is 5.75 Å². The Kier molecular flexibility index (Phi) is 7.91. The zero-order chi connectivity index (χ0) is 24.0. The fourth-order valence-corrected chi connectivity index (χ4v) is 3.53. The topological polar surface area (TPSA) is 105 Å². The van der Waals surface area contributed by atoms with Gasteiger partial charge in [0.05, 0.1) is 25.7 Å². The number of non-ortho nitro benzene ring substituents is 1. The molecule has 0 spiro atoms. The summed E-state index contributed by atoms with van der Waals surface area (Å²) in [4.78, 5) is 22.7. The molecule has 0 fully saturated rings. The number of nitrogens with zero attached hydrogens (tertiary/aromatic N) is 2. The van der Waals surface area contributed by atoms with Crippen molar-refractivity contribution in [3.63, 3.8) is 0 Å². The van der Waals surface area contributed by atoms with Crippen LogP contribution in [0.3, 0.4) is 0 Å². The molecule has 0 aromatic heterocycles. The number of nitriles is 1. The van der Waals surface area contributed by atoms with Crippen LogP contribution in [0.5, 0.6) is 5.75 Å². The van der Waals surface area contributed by atoms with Crippen molar-refractivity contribution < 1.29 is 14.5 Å². The quantitative estimate of drug-likeness (QED) is 0.168. The summed E-state index contributed by atoms with van der Waals surface area (Å²) >= 11 is 18.6. The Morgan fingerprint density at radius 3 is 2.27 bits per heavy atom. The first-order chi connectivity index (χ1) is 15.8. The summed E-state index contributed by atoms with van der Waals surface area (Å²) in [5, 5.41) is 23.4. The number of carbonyl (C=O) groups excluding carboxylic acids is 1. The average molecular weight is 503 g/mol. The molecule has 0 unspecified atom stereocenters. The van der Waals surface area contributed by atoms with Crippen molar-refractivity contribution in [1.29, 1.82) is 5.26 Å². The van der Waals surface area contributed by atoms with Crippen LogP contribution in [0.25, 0.3) is 6.08 Å². The van der Waals surface area contributed by atoms with Gasteiger partial charge in [0.1, 0.15) is 18.2 Å². The van der Waals surface area contributed by atoms with Crippen molar-refractivity contribution in [2.75, 3.05) is 5.32 Å². The van der Waals surface area contributed by atoms with E-state index in [-0.39, 0.29) is 33.7 Å². The van der Waals surface area contributed by atoms with Crippen molar-refractivity contribution in [3.05, 3.63) is 103 Å². The van der Waals surface area contributed by atoms with E-state index in [9.17, 15) is 20.2 Å². The number of hydrogen-bond donors (Lipinski definition) is 1. The van der Waals surface area contributed by atoms with Crippen molar-refractivity contribution in [2.45, 2.75) is 6.61 Å². The lowest BCUT2D eigenvalue weighted by molar-refractivity contribution is -0.384. The van der Waals surface area contributed by atoms with E-state index in [4.69, 9.17) is 39.5 Å². The van der Waals surface area contributed by atoms with Gasteiger partial charge in [-0.1, -0.05) is 46.9 Å². The molecule has 1 N–H and O–H groups in total. The number of hydrogen-bond acceptors (Lipinski definition) is 5. The maximum atomic E-state index is 12.5. The summed E-state index contributed by atoms with van der Waals surface area (Å²) in [6.07, 6.45) is 1.34. The molecule has 0 radical (unpaired) electrons. The van der Waals surface area contributed by atoms with E-state index in [0.29, 0.717) is 21.8 Å². The van der Waals surface area contributed by atoms with E-state index in [1.54, 1.807) is 36.4 Å². The van der Waals surface area contributed by atoms with E-state index in [1.807, 2.05) is 6.07 Å². The van der Waals surface area contributed by atoms with Gasteiger partial charge in [-0.3, -0.25) is 14.9 Å². The summed E-state index contributed by atoms with van der Waals surface area (Å²) < 4.78 is 5.67. The summed E-state index contributed by atoms with van der Waals surface area (Å²) in [6.45, 7) is 0.0797. The summed E-state index contributed by atoms with van der Waals surface area (Å²) in [7, 11) is 0. The number of para-hydroxylation sites is 1. The average Bonchev–Trinajstić information content (AvgIpc) is 2.78. The van der Waals surface area contributed by atoms with Crippen molar-refractivity contribution in [1.82, 2.24) is 0 Å². The highest BCUT2D eigenvalue weighted by Gasteiger charge is 2.14. The van der Waals surface area contributed by atoms with Crippen molar-refractivity contribution in [2.24, 2.45) is 0 Å². The Balaban J connectivity index is 1.75. The molecular formula is C23H14Cl3N3O4. The summed E-state index contributed by atoms with van der Waals surface area (Å²) in [6, 6.07) is 17.3. The molecule has 0 atom stereocenters. The molecule has 7 nitrogen and oxygen atoms in total. The number of rotatable bonds is 7. The van der Waals surface area contributed by atoms with Gasteiger partial charge in [-0.15, -0.1) is 0 Å². The standard InChI is InChI=1S/C23H14Cl3N3O4/c24-18-3-1-2-4-21(18)28-23(30)16(12-27)9-15-10-19(25)22(20(26)11-15)33-13-14-5-7-17(8-6-14)29(31)32/h1-11H,13H2,(H,28,30)/b16-9+. The molecule has 33 heavy (non-hydrogen) atoms. The van der Waals surface area contributed by atoms with Gasteiger partial charge in [0.25, 0.3) is 11.6 Å². The first kappa shape index (κ1) is 24.1. The third kappa shape index (κ3) is 6.24. The van der Waals surface area contributed by atoms with Crippen LogP contribution in [0, 0.1) is 21.4 Å². The molecule has 0 aliphatic heterocycles. The second-order valence-corrected chi connectivity index (χ2v) is 7.85. The number of nitro benzene ring substituents is 1. The monoisotopic (exact) mass is 501 g/mol. The molecule has 1 amide bonds. The van der Waals surface area contributed by atoms with Gasteiger partial charge < -0.3 is 10.1 Å². The minimum absolute atomic E-state index is 0.0298. The highest BCUT2D eigenvalue weighted by molar-refractivity contribution is 6.37. The number of halogens is 3. The molecule has 10 heteroatoms.